The molecule has 1 aromatic rings. The molecular formula is C15H23ClN2O5S. The van der Waals surface area contributed by atoms with Crippen LogP contribution < -0.4 is 11.1 Å². The topological polar surface area (TPSA) is 116 Å². The molecule has 0 aliphatic heterocycles. The molecule has 1 atom stereocenters. The summed E-state index contributed by atoms with van der Waals surface area (Å²) in [7, 11) is -2.38. The fourth-order valence-electron chi connectivity index (χ4n) is 1.73. The Hall–Kier alpha value is -1.64. The summed E-state index contributed by atoms with van der Waals surface area (Å²) in [4.78, 5) is 23.7. The van der Waals surface area contributed by atoms with Crippen LogP contribution in [0, 0.1) is 5.41 Å². The van der Waals surface area contributed by atoms with Crippen molar-refractivity contribution in [2.24, 2.45) is 11.1 Å². The van der Waals surface area contributed by atoms with E-state index in [-0.39, 0.29) is 28.6 Å². The van der Waals surface area contributed by atoms with E-state index in [2.05, 4.69) is 10.1 Å². The van der Waals surface area contributed by atoms with Gasteiger partial charge in [-0.3, -0.25) is 4.79 Å². The van der Waals surface area contributed by atoms with E-state index in [0.717, 1.165) is 6.26 Å². The van der Waals surface area contributed by atoms with Crippen molar-refractivity contribution in [3.63, 3.8) is 0 Å². The number of halogens is 1. The normalized spacial score (nSPS) is 12.8. The molecule has 0 heterocycles. The molecule has 0 aliphatic rings. The summed E-state index contributed by atoms with van der Waals surface area (Å²) in [6.45, 7) is 5.43. The molecule has 3 N–H and O–H groups in total. The number of carbonyl (C=O) groups is 2. The Morgan fingerprint density at radius 1 is 1.21 bits per heavy atom. The van der Waals surface area contributed by atoms with E-state index < -0.39 is 33.2 Å². The van der Waals surface area contributed by atoms with Crippen LogP contribution in [0.2, 0.25) is 0 Å². The summed E-state index contributed by atoms with van der Waals surface area (Å²) >= 11 is 0. The molecule has 7 nitrogen and oxygen atoms in total. The second kappa shape index (κ2) is 7.96. The number of ether oxygens (including phenoxy) is 1. The summed E-state index contributed by atoms with van der Waals surface area (Å²) in [6.07, 6.45) is 1.01. The number of rotatable bonds is 4. The lowest BCUT2D eigenvalue weighted by Crippen LogP contribution is -2.45. The molecule has 0 fully saturated rings. The number of carbonyl (C=O) groups excluding carboxylic acids is 2. The highest BCUT2D eigenvalue weighted by molar-refractivity contribution is 7.90. The highest BCUT2D eigenvalue weighted by Crippen LogP contribution is 2.22. The van der Waals surface area contributed by atoms with Crippen LogP contribution >= 0.6 is 12.4 Å². The summed E-state index contributed by atoms with van der Waals surface area (Å²) in [5.41, 5.74) is 5.59. The number of nitrogens with two attached hydrogens (primary N) is 1. The van der Waals surface area contributed by atoms with E-state index >= 15 is 0 Å². The van der Waals surface area contributed by atoms with Gasteiger partial charge in [-0.15, -0.1) is 12.4 Å². The molecular weight excluding hydrogens is 356 g/mol. The van der Waals surface area contributed by atoms with Gasteiger partial charge in [-0.2, -0.15) is 0 Å². The number of hydrogen-bond acceptors (Lipinski definition) is 6. The van der Waals surface area contributed by atoms with Crippen molar-refractivity contribution < 1.29 is 22.7 Å². The molecule has 9 heteroatoms. The molecule has 0 aromatic heterocycles. The first kappa shape index (κ1) is 22.4. The van der Waals surface area contributed by atoms with E-state index in [0.29, 0.717) is 0 Å². The number of sulfone groups is 1. The third-order valence-corrected chi connectivity index (χ3v) is 4.33. The van der Waals surface area contributed by atoms with Crippen LogP contribution in [0.1, 0.15) is 31.1 Å². The van der Waals surface area contributed by atoms with Crippen molar-refractivity contribution in [3.05, 3.63) is 23.8 Å². The van der Waals surface area contributed by atoms with Crippen molar-refractivity contribution in [1.82, 2.24) is 0 Å². The molecule has 0 saturated heterocycles. The van der Waals surface area contributed by atoms with E-state index in [1.165, 1.54) is 25.3 Å². The Morgan fingerprint density at radius 3 is 2.17 bits per heavy atom. The van der Waals surface area contributed by atoms with E-state index in [1.54, 1.807) is 0 Å². The van der Waals surface area contributed by atoms with Gasteiger partial charge in [-0.25, -0.2) is 13.2 Å². The maximum absolute atomic E-state index is 12.2. The SMILES string of the molecule is COC(=O)c1cc(NC(=O)[C@@H](N)C(C)(C)C)cc(S(C)(=O)=O)c1.Cl. The van der Waals surface area contributed by atoms with Gasteiger partial charge in [-0.1, -0.05) is 20.8 Å². The smallest absolute Gasteiger partial charge is 0.337 e. The Balaban J connectivity index is 0.00000529. The third-order valence-electron chi connectivity index (χ3n) is 3.24. The minimum Gasteiger partial charge on any atom is -0.465 e. The van der Waals surface area contributed by atoms with E-state index in [9.17, 15) is 18.0 Å². The first-order valence-corrected chi connectivity index (χ1v) is 8.75. The van der Waals surface area contributed by atoms with Gasteiger partial charge in [0.25, 0.3) is 0 Å². The predicted molar refractivity (Wildman–Crippen MR) is 94.2 cm³/mol. The number of hydrogen-bond donors (Lipinski definition) is 2. The number of benzene rings is 1. The zero-order chi connectivity index (χ0) is 18.0. The monoisotopic (exact) mass is 378 g/mol. The van der Waals surface area contributed by atoms with Crippen LogP contribution in [0.25, 0.3) is 0 Å². The first-order chi connectivity index (χ1) is 10.4. The molecule has 136 valence electrons. The van der Waals surface area contributed by atoms with Crippen LogP contribution in [0.5, 0.6) is 0 Å². The zero-order valence-electron chi connectivity index (χ0n) is 14.2. The third kappa shape index (κ3) is 5.77. The van der Waals surface area contributed by atoms with Crippen molar-refractivity contribution in [1.29, 1.82) is 0 Å². The second-order valence-electron chi connectivity index (χ2n) is 6.34. The minimum absolute atomic E-state index is 0. The Kier molecular flexibility index (Phi) is 7.41. The summed E-state index contributed by atoms with van der Waals surface area (Å²) in [5, 5.41) is 2.54. The molecule has 0 bridgehead atoms. The fraction of sp³-hybridized carbons (Fsp3) is 0.467. The van der Waals surface area contributed by atoms with Gasteiger partial charge in [0.1, 0.15) is 0 Å². The van der Waals surface area contributed by atoms with Gasteiger partial charge in [0, 0.05) is 11.9 Å². The van der Waals surface area contributed by atoms with Gasteiger partial charge < -0.3 is 15.8 Å². The lowest BCUT2D eigenvalue weighted by Gasteiger charge is -2.26. The van der Waals surface area contributed by atoms with Crippen LogP contribution in [-0.2, 0) is 19.4 Å². The number of anilines is 1. The van der Waals surface area contributed by atoms with E-state index in [1.807, 2.05) is 20.8 Å². The molecule has 0 unspecified atom stereocenters. The fourth-order valence-corrected chi connectivity index (χ4v) is 2.42. The molecule has 0 radical (unpaired) electrons. The highest BCUT2D eigenvalue weighted by atomic mass is 35.5. The van der Waals surface area contributed by atoms with Crippen molar-refractivity contribution in [2.45, 2.75) is 31.7 Å². The van der Waals surface area contributed by atoms with Gasteiger partial charge >= 0.3 is 5.97 Å². The first-order valence-electron chi connectivity index (χ1n) is 6.86. The Bertz CT molecular complexity index is 726. The lowest BCUT2D eigenvalue weighted by molar-refractivity contribution is -0.119. The Labute approximate surface area is 148 Å². The van der Waals surface area contributed by atoms with Crippen LogP contribution in [0.4, 0.5) is 5.69 Å². The Morgan fingerprint density at radius 2 is 1.75 bits per heavy atom. The molecule has 1 aromatic carbocycles. The number of esters is 1. The standard InChI is InChI=1S/C15H22N2O5S.ClH/c1-15(2,3)12(16)13(18)17-10-6-9(14(19)22-4)7-11(8-10)23(5,20)21;/h6-8,12H,16H2,1-5H3,(H,17,18);1H/t12-;/m1./s1. The minimum atomic E-state index is -3.56. The molecule has 0 spiro atoms. The van der Waals surface area contributed by atoms with Gasteiger partial charge in [0.15, 0.2) is 9.84 Å². The molecule has 24 heavy (non-hydrogen) atoms. The lowest BCUT2D eigenvalue weighted by atomic mass is 9.87. The van der Waals surface area contributed by atoms with Crippen LogP contribution in [0.3, 0.4) is 0 Å². The van der Waals surface area contributed by atoms with Gasteiger partial charge in [0.2, 0.25) is 5.91 Å². The van der Waals surface area contributed by atoms with Crippen LogP contribution in [-0.4, -0.2) is 39.7 Å². The largest absolute Gasteiger partial charge is 0.465 e. The highest BCUT2D eigenvalue weighted by Gasteiger charge is 2.28. The van der Waals surface area contributed by atoms with Crippen molar-refractivity contribution in [3.8, 4) is 0 Å². The van der Waals surface area contributed by atoms with Gasteiger partial charge in [0.05, 0.1) is 23.6 Å². The number of methoxy groups -OCH3 is 1. The summed E-state index contributed by atoms with van der Waals surface area (Å²) in [5.74, 6) is -1.18. The quantitative estimate of drug-likeness (QED) is 0.769. The average Bonchev–Trinajstić information content (AvgIpc) is 2.43. The second-order valence-corrected chi connectivity index (χ2v) is 8.36. The zero-order valence-corrected chi connectivity index (χ0v) is 15.9. The summed E-state index contributed by atoms with van der Waals surface area (Å²) in [6, 6.07) is 3.01. The predicted octanol–water partition coefficient (Wildman–Crippen LogP) is 1.61. The van der Waals surface area contributed by atoms with Crippen LogP contribution in [0.15, 0.2) is 23.1 Å². The molecule has 0 aliphatic carbocycles. The number of amides is 1. The van der Waals surface area contributed by atoms with E-state index in [4.69, 9.17) is 5.73 Å². The maximum Gasteiger partial charge on any atom is 0.337 e. The molecule has 0 saturated carbocycles. The molecule has 1 rings (SSSR count). The van der Waals surface area contributed by atoms with Crippen molar-refractivity contribution >= 4 is 39.8 Å². The van der Waals surface area contributed by atoms with Gasteiger partial charge in [-0.05, 0) is 23.6 Å². The maximum atomic E-state index is 12.2. The molecule has 1 amide bonds. The average molecular weight is 379 g/mol. The summed E-state index contributed by atoms with van der Waals surface area (Å²) < 4.78 is 28.1. The van der Waals surface area contributed by atoms with Crippen molar-refractivity contribution in [2.75, 3.05) is 18.7 Å². The number of nitrogens with one attached hydrogen (secondary N) is 1.